The first-order valence-corrected chi connectivity index (χ1v) is 8.72. The van der Waals surface area contributed by atoms with Gasteiger partial charge in [-0.2, -0.15) is 10.2 Å². The molecule has 9 nitrogen and oxygen atoms in total. The zero-order chi connectivity index (χ0) is 18.0. The van der Waals surface area contributed by atoms with Crippen LogP contribution in [0.1, 0.15) is 23.3 Å². The highest BCUT2D eigenvalue weighted by Crippen LogP contribution is 2.33. The van der Waals surface area contributed by atoms with Crippen molar-refractivity contribution in [1.82, 2.24) is 24.9 Å². The van der Waals surface area contributed by atoms with Crippen LogP contribution >= 0.6 is 0 Å². The summed E-state index contributed by atoms with van der Waals surface area (Å²) >= 11 is 0. The van der Waals surface area contributed by atoms with Crippen molar-refractivity contribution < 1.29 is 14.3 Å². The summed E-state index contributed by atoms with van der Waals surface area (Å²) in [7, 11) is 0. The van der Waals surface area contributed by atoms with Crippen molar-refractivity contribution in [2.75, 3.05) is 26.3 Å². The maximum absolute atomic E-state index is 12.7. The van der Waals surface area contributed by atoms with Gasteiger partial charge >= 0.3 is 0 Å². The summed E-state index contributed by atoms with van der Waals surface area (Å²) < 4.78 is 13.4. The third-order valence-corrected chi connectivity index (χ3v) is 4.87. The summed E-state index contributed by atoms with van der Waals surface area (Å²) in [6.07, 6.45) is 4.58. The van der Waals surface area contributed by atoms with Crippen molar-refractivity contribution in [3.05, 3.63) is 46.6 Å². The molecular formula is C17H21N5O4. The van der Waals surface area contributed by atoms with E-state index in [-0.39, 0.29) is 17.6 Å². The van der Waals surface area contributed by atoms with Crippen LogP contribution in [-0.2, 0) is 16.0 Å². The Balaban J connectivity index is 1.46. The van der Waals surface area contributed by atoms with Gasteiger partial charge < -0.3 is 14.4 Å². The molecule has 1 amide bonds. The van der Waals surface area contributed by atoms with Crippen LogP contribution in [0, 0.1) is 0 Å². The molecule has 2 aliphatic rings. The maximum Gasteiger partial charge on any atom is 0.272 e. The molecule has 1 N–H and O–H groups in total. The lowest BCUT2D eigenvalue weighted by molar-refractivity contribution is -0.0884. The molecule has 2 aliphatic heterocycles. The van der Waals surface area contributed by atoms with Crippen LogP contribution in [0.15, 0.2) is 35.4 Å². The normalized spacial score (nSPS) is 26.2. The molecule has 2 atom stereocenters. The molecule has 0 aromatic carbocycles. The first-order chi connectivity index (χ1) is 12.7. The second-order valence-electron chi connectivity index (χ2n) is 6.76. The van der Waals surface area contributed by atoms with Gasteiger partial charge in [-0.05, 0) is 25.0 Å². The standard InChI is InChI=1S/C17H21N5O4/c23-15-2-1-6-19-22(15)10-13-3-5-17(26-13)11-21(8-9-25-12-17)16(24)14-4-7-18-20-14/h1-2,4,6-7,13H,3,5,8-12H2,(H,18,20)/t13?,17-/m0/s1. The summed E-state index contributed by atoms with van der Waals surface area (Å²) in [5.41, 5.74) is -0.239. The lowest BCUT2D eigenvalue weighted by atomic mass is 10.00. The predicted octanol–water partition coefficient (Wildman–Crippen LogP) is 0.0568. The SMILES string of the molecule is O=C(c1ccn[nH]1)N1CCOC[C@]2(CCC(Cn3ncccc3=O)O2)C1. The molecule has 138 valence electrons. The average molecular weight is 359 g/mol. The van der Waals surface area contributed by atoms with Crippen molar-refractivity contribution >= 4 is 5.91 Å². The number of hydrogen-bond donors (Lipinski definition) is 1. The number of ether oxygens (including phenoxy) is 2. The molecule has 2 saturated heterocycles. The van der Waals surface area contributed by atoms with E-state index < -0.39 is 5.60 Å². The molecule has 9 heteroatoms. The number of carbonyl (C=O) groups excluding carboxylic acids is 1. The number of nitrogens with one attached hydrogen (secondary N) is 1. The van der Waals surface area contributed by atoms with Crippen LogP contribution in [0.25, 0.3) is 0 Å². The van der Waals surface area contributed by atoms with Gasteiger partial charge in [0.25, 0.3) is 11.5 Å². The van der Waals surface area contributed by atoms with Crippen LogP contribution in [0.5, 0.6) is 0 Å². The van der Waals surface area contributed by atoms with E-state index in [2.05, 4.69) is 15.3 Å². The van der Waals surface area contributed by atoms with Crippen LogP contribution < -0.4 is 5.56 Å². The van der Waals surface area contributed by atoms with Crippen molar-refractivity contribution in [3.8, 4) is 0 Å². The zero-order valence-electron chi connectivity index (χ0n) is 14.3. The molecule has 26 heavy (non-hydrogen) atoms. The predicted molar refractivity (Wildman–Crippen MR) is 90.6 cm³/mol. The van der Waals surface area contributed by atoms with Crippen LogP contribution in [-0.4, -0.2) is 68.8 Å². The number of nitrogens with zero attached hydrogens (tertiary/aromatic N) is 4. The van der Waals surface area contributed by atoms with E-state index in [9.17, 15) is 9.59 Å². The number of amides is 1. The summed E-state index contributed by atoms with van der Waals surface area (Å²) in [4.78, 5) is 26.3. The maximum atomic E-state index is 12.7. The third kappa shape index (κ3) is 3.40. The molecule has 0 radical (unpaired) electrons. The van der Waals surface area contributed by atoms with Gasteiger partial charge in [-0.25, -0.2) is 4.68 Å². The molecule has 2 aromatic rings. The van der Waals surface area contributed by atoms with E-state index in [1.54, 1.807) is 29.4 Å². The van der Waals surface area contributed by atoms with Gasteiger partial charge in [0, 0.05) is 25.0 Å². The first kappa shape index (κ1) is 16.9. The third-order valence-electron chi connectivity index (χ3n) is 4.87. The highest BCUT2D eigenvalue weighted by molar-refractivity contribution is 5.92. The second kappa shape index (κ2) is 7.00. The molecule has 2 fully saturated rings. The van der Waals surface area contributed by atoms with Crippen LogP contribution in [0.3, 0.4) is 0 Å². The fourth-order valence-electron chi connectivity index (χ4n) is 3.59. The van der Waals surface area contributed by atoms with Crippen molar-refractivity contribution in [3.63, 3.8) is 0 Å². The van der Waals surface area contributed by atoms with Crippen molar-refractivity contribution in [2.45, 2.75) is 31.1 Å². The summed E-state index contributed by atoms with van der Waals surface area (Å²) in [6, 6.07) is 4.76. The van der Waals surface area contributed by atoms with Crippen LogP contribution in [0.2, 0.25) is 0 Å². The fourth-order valence-corrected chi connectivity index (χ4v) is 3.59. The van der Waals surface area contributed by atoms with Gasteiger partial charge in [-0.1, -0.05) is 0 Å². The molecule has 0 aliphatic carbocycles. The minimum atomic E-state index is -0.546. The molecule has 1 unspecified atom stereocenters. The fraction of sp³-hybridized carbons (Fsp3) is 0.529. The van der Waals surface area contributed by atoms with Gasteiger partial charge in [0.2, 0.25) is 0 Å². The lowest BCUT2D eigenvalue weighted by Gasteiger charge is -2.31. The van der Waals surface area contributed by atoms with Gasteiger partial charge in [0.05, 0.1) is 32.4 Å². The Kier molecular flexibility index (Phi) is 4.56. The molecule has 0 bridgehead atoms. The quantitative estimate of drug-likeness (QED) is 0.831. The van der Waals surface area contributed by atoms with E-state index in [0.717, 1.165) is 12.8 Å². The summed E-state index contributed by atoms with van der Waals surface area (Å²) in [5, 5.41) is 10.6. The summed E-state index contributed by atoms with van der Waals surface area (Å²) in [6.45, 7) is 2.27. The van der Waals surface area contributed by atoms with Crippen molar-refractivity contribution in [1.29, 1.82) is 0 Å². The largest absolute Gasteiger partial charge is 0.377 e. The highest BCUT2D eigenvalue weighted by Gasteiger charge is 2.44. The Labute approximate surface area is 149 Å². The number of carbonyl (C=O) groups is 1. The molecule has 1 spiro atoms. The number of aromatic amines is 1. The smallest absolute Gasteiger partial charge is 0.272 e. The Morgan fingerprint density at radius 2 is 2.31 bits per heavy atom. The topological polar surface area (TPSA) is 102 Å². The van der Waals surface area contributed by atoms with E-state index in [1.165, 1.54) is 10.7 Å². The van der Waals surface area contributed by atoms with Gasteiger partial charge in [0.1, 0.15) is 11.3 Å². The average Bonchev–Trinajstić information content (AvgIpc) is 3.25. The molecule has 4 heterocycles. The van der Waals surface area contributed by atoms with Crippen LogP contribution in [0.4, 0.5) is 0 Å². The molecule has 4 rings (SSSR count). The Morgan fingerprint density at radius 1 is 1.38 bits per heavy atom. The van der Waals surface area contributed by atoms with E-state index in [1.807, 2.05) is 0 Å². The summed E-state index contributed by atoms with van der Waals surface area (Å²) in [5.74, 6) is -0.111. The second-order valence-corrected chi connectivity index (χ2v) is 6.76. The van der Waals surface area contributed by atoms with Crippen molar-refractivity contribution in [2.24, 2.45) is 0 Å². The highest BCUT2D eigenvalue weighted by atomic mass is 16.6. The Hall–Kier alpha value is -2.52. The van der Waals surface area contributed by atoms with E-state index in [4.69, 9.17) is 9.47 Å². The van der Waals surface area contributed by atoms with Gasteiger partial charge in [0.15, 0.2) is 0 Å². The molecule has 0 saturated carbocycles. The minimum Gasteiger partial charge on any atom is -0.377 e. The lowest BCUT2D eigenvalue weighted by Crippen LogP contribution is -2.47. The Bertz CT molecular complexity index is 821. The Morgan fingerprint density at radius 3 is 3.12 bits per heavy atom. The number of H-pyrrole nitrogens is 1. The molecule has 2 aromatic heterocycles. The van der Waals surface area contributed by atoms with Gasteiger partial charge in [-0.3, -0.25) is 14.7 Å². The zero-order valence-corrected chi connectivity index (χ0v) is 14.3. The van der Waals surface area contributed by atoms with Gasteiger partial charge in [-0.15, -0.1) is 0 Å². The first-order valence-electron chi connectivity index (χ1n) is 8.72. The van der Waals surface area contributed by atoms with E-state index >= 15 is 0 Å². The number of aromatic nitrogens is 4. The van der Waals surface area contributed by atoms with E-state index in [0.29, 0.717) is 38.5 Å². The monoisotopic (exact) mass is 359 g/mol. The molecular weight excluding hydrogens is 338 g/mol. The minimum absolute atomic E-state index is 0.111. The number of rotatable bonds is 3. The number of hydrogen-bond acceptors (Lipinski definition) is 6.